The maximum Gasteiger partial charge on any atom is 0.397 e. The summed E-state index contributed by atoms with van der Waals surface area (Å²) in [5.41, 5.74) is 7.07. The Bertz CT molecular complexity index is 1080. The zero-order chi connectivity index (χ0) is 26.0. The molecule has 7 N–H and O–H groups in total. The van der Waals surface area contributed by atoms with Crippen molar-refractivity contribution in [3.05, 3.63) is 35.7 Å². The van der Waals surface area contributed by atoms with E-state index in [0.29, 0.717) is 17.2 Å². The lowest BCUT2D eigenvalue weighted by Gasteiger charge is -2.24. The second-order valence-corrected chi connectivity index (χ2v) is 8.20. The molecule has 0 aliphatic carbocycles. The van der Waals surface area contributed by atoms with Crippen LogP contribution in [-0.2, 0) is 30.8 Å². The summed E-state index contributed by atoms with van der Waals surface area (Å²) in [6, 6.07) is 5.68. The molecular formula is C18H25N7O9S. The highest BCUT2D eigenvalue weighted by molar-refractivity contribution is 7.80. The number of rotatable bonds is 13. The fourth-order valence-corrected chi connectivity index (χ4v) is 2.74. The minimum atomic E-state index is -4.84. The summed E-state index contributed by atoms with van der Waals surface area (Å²) in [5.74, 6) is 0.320. The van der Waals surface area contributed by atoms with E-state index in [1.807, 2.05) is 0 Å². The van der Waals surface area contributed by atoms with Crippen LogP contribution >= 0.6 is 0 Å². The summed E-state index contributed by atoms with van der Waals surface area (Å²) in [6.07, 6.45) is -4.74. The number of benzene rings is 1. The van der Waals surface area contributed by atoms with Gasteiger partial charge in [0.1, 0.15) is 18.3 Å². The predicted octanol–water partition coefficient (Wildman–Crippen LogP) is -2.91. The minimum Gasteiger partial charge on any atom is -0.388 e. The molecule has 2 aromatic rings. The summed E-state index contributed by atoms with van der Waals surface area (Å²) < 4.78 is 33.3. The van der Waals surface area contributed by atoms with E-state index in [9.17, 15) is 28.5 Å². The highest BCUT2D eigenvalue weighted by Crippen LogP contribution is 2.14. The van der Waals surface area contributed by atoms with Crippen LogP contribution in [0.4, 0.5) is 0 Å². The van der Waals surface area contributed by atoms with Crippen molar-refractivity contribution >= 4 is 22.5 Å². The van der Waals surface area contributed by atoms with Gasteiger partial charge in [-0.2, -0.15) is 8.42 Å². The monoisotopic (exact) mass is 515 g/mol. The third-order valence-corrected chi connectivity index (χ3v) is 4.74. The van der Waals surface area contributed by atoms with E-state index < -0.39 is 53.9 Å². The molecule has 0 fully saturated rings. The van der Waals surface area contributed by atoms with Crippen LogP contribution in [0.5, 0.6) is 0 Å². The molecule has 17 heteroatoms. The van der Waals surface area contributed by atoms with Gasteiger partial charge in [-0.05, 0) is 12.5 Å². The van der Waals surface area contributed by atoms with E-state index in [-0.39, 0.29) is 6.54 Å². The van der Waals surface area contributed by atoms with Crippen molar-refractivity contribution < 1.29 is 42.1 Å². The van der Waals surface area contributed by atoms with Crippen LogP contribution in [0.1, 0.15) is 11.4 Å². The van der Waals surface area contributed by atoms with Gasteiger partial charge in [0.15, 0.2) is 12.4 Å². The Morgan fingerprint density at radius 3 is 2.37 bits per heavy atom. The molecule has 0 bridgehead atoms. The Hall–Kier alpha value is -3.19. The number of aliphatic hydroxyl groups is 3. The lowest BCUT2D eigenvalue weighted by atomic mass is 10.0. The largest absolute Gasteiger partial charge is 0.397 e. The second kappa shape index (κ2) is 13.0. The van der Waals surface area contributed by atoms with Gasteiger partial charge in [-0.25, -0.2) is 4.18 Å². The summed E-state index contributed by atoms with van der Waals surface area (Å²) in [7, 11) is -4.84. The van der Waals surface area contributed by atoms with E-state index in [1.165, 1.54) is 0 Å². The number of oxime groups is 1. The third kappa shape index (κ3) is 9.91. The van der Waals surface area contributed by atoms with E-state index in [0.717, 1.165) is 11.8 Å². The number of carbonyl (C=O) groups is 1. The number of carbonyl (C=O) groups excluding carboxylic acids is 1. The van der Waals surface area contributed by atoms with Crippen molar-refractivity contribution in [3.63, 3.8) is 0 Å². The molecule has 1 amide bonds. The molecule has 0 saturated heterocycles. The van der Waals surface area contributed by atoms with Gasteiger partial charge < -0.3 is 31.2 Å². The average Bonchev–Trinajstić information content (AvgIpc) is 2.83. The number of nitrogens with two attached hydrogens (primary N) is 1. The number of aryl methyl sites for hydroxylation is 1. The molecule has 1 heterocycles. The standard InChI is InChI=1S/C18H25N7O9S/c1-10-22-24-18(25-23-10)12-4-2-11(3-5-12)6-20-15(27)9-33-21-7-13(19)16(28)17(29)14(26)8-34-35(30,31)32/h2-5,7,13-14,16-17,26,28-29H,6,8-9,19H2,1H3,(H,20,27)(H,30,31,32)/b21-7+/t13-,14+,16+,17+/m0/s1. The summed E-state index contributed by atoms with van der Waals surface area (Å²) in [6.45, 7) is 0.382. The zero-order valence-corrected chi connectivity index (χ0v) is 19.2. The van der Waals surface area contributed by atoms with Gasteiger partial charge in [0, 0.05) is 12.1 Å². The lowest BCUT2D eigenvalue weighted by Crippen LogP contribution is -2.50. The van der Waals surface area contributed by atoms with Gasteiger partial charge >= 0.3 is 10.4 Å². The van der Waals surface area contributed by atoms with Crippen LogP contribution in [-0.4, -0.2) is 98.4 Å². The highest BCUT2D eigenvalue weighted by Gasteiger charge is 2.30. The molecule has 2 rings (SSSR count). The molecule has 0 unspecified atom stereocenters. The van der Waals surface area contributed by atoms with Crippen LogP contribution < -0.4 is 11.1 Å². The van der Waals surface area contributed by atoms with E-state index in [2.05, 4.69) is 35.1 Å². The number of hydrogen-bond acceptors (Lipinski definition) is 14. The molecule has 192 valence electrons. The van der Waals surface area contributed by atoms with Crippen LogP contribution in [0.2, 0.25) is 0 Å². The molecule has 4 atom stereocenters. The molecule has 1 aromatic heterocycles. The van der Waals surface area contributed by atoms with Gasteiger partial charge in [0.25, 0.3) is 5.91 Å². The first kappa shape index (κ1) is 28.1. The Morgan fingerprint density at radius 1 is 1.14 bits per heavy atom. The molecule has 0 radical (unpaired) electrons. The van der Waals surface area contributed by atoms with E-state index >= 15 is 0 Å². The van der Waals surface area contributed by atoms with Crippen LogP contribution in [0.15, 0.2) is 29.4 Å². The first-order valence-electron chi connectivity index (χ1n) is 9.93. The van der Waals surface area contributed by atoms with Gasteiger partial charge in [-0.15, -0.1) is 20.4 Å². The first-order chi connectivity index (χ1) is 16.5. The van der Waals surface area contributed by atoms with Crippen molar-refractivity contribution in [1.29, 1.82) is 0 Å². The van der Waals surface area contributed by atoms with Crippen molar-refractivity contribution in [3.8, 4) is 11.4 Å². The SMILES string of the molecule is Cc1nnc(-c2ccc(CNC(=O)CO/N=C/[C@H](N)[C@@H](O)[C@H](O)[C@H](O)COS(=O)(=O)O)cc2)nn1. The molecule has 16 nitrogen and oxygen atoms in total. The number of aromatic nitrogens is 4. The normalized spacial score (nSPS) is 15.4. The maximum atomic E-state index is 11.9. The molecule has 35 heavy (non-hydrogen) atoms. The summed E-state index contributed by atoms with van der Waals surface area (Å²) in [4.78, 5) is 16.7. The maximum absolute atomic E-state index is 11.9. The smallest absolute Gasteiger partial charge is 0.388 e. The molecule has 0 spiro atoms. The number of hydrogen-bond donors (Lipinski definition) is 6. The first-order valence-corrected chi connectivity index (χ1v) is 11.3. The predicted molar refractivity (Wildman–Crippen MR) is 118 cm³/mol. The number of nitrogens with zero attached hydrogens (tertiary/aromatic N) is 5. The quantitative estimate of drug-likeness (QED) is 0.0888. The van der Waals surface area contributed by atoms with Crippen molar-refractivity contribution in [2.45, 2.75) is 37.8 Å². The van der Waals surface area contributed by atoms with E-state index in [4.69, 9.17) is 15.1 Å². The number of nitrogens with one attached hydrogen (secondary N) is 1. The highest BCUT2D eigenvalue weighted by atomic mass is 32.3. The summed E-state index contributed by atoms with van der Waals surface area (Å²) >= 11 is 0. The van der Waals surface area contributed by atoms with Gasteiger partial charge in [-0.1, -0.05) is 29.4 Å². The molecule has 0 saturated carbocycles. The van der Waals surface area contributed by atoms with E-state index in [1.54, 1.807) is 31.2 Å². The zero-order valence-electron chi connectivity index (χ0n) is 18.4. The second-order valence-electron chi connectivity index (χ2n) is 7.11. The van der Waals surface area contributed by atoms with Crippen LogP contribution in [0.25, 0.3) is 11.4 Å². The molecule has 1 aromatic carbocycles. The Kier molecular flexibility index (Phi) is 10.5. The molecule has 0 aliphatic heterocycles. The average molecular weight is 516 g/mol. The fourth-order valence-electron chi connectivity index (χ4n) is 2.43. The number of aliphatic hydroxyl groups excluding tert-OH is 3. The van der Waals surface area contributed by atoms with Gasteiger partial charge in [0.05, 0.1) is 18.9 Å². The summed E-state index contributed by atoms with van der Waals surface area (Å²) in [5, 5.41) is 50.8. The fraction of sp³-hybridized carbons (Fsp3) is 0.444. The lowest BCUT2D eigenvalue weighted by molar-refractivity contribution is -0.125. The van der Waals surface area contributed by atoms with Crippen molar-refractivity contribution in [2.75, 3.05) is 13.2 Å². The van der Waals surface area contributed by atoms with Crippen molar-refractivity contribution in [1.82, 2.24) is 25.7 Å². The molecule has 0 aliphatic rings. The van der Waals surface area contributed by atoms with Crippen LogP contribution in [0.3, 0.4) is 0 Å². The minimum absolute atomic E-state index is 0.200. The molecular weight excluding hydrogens is 490 g/mol. The van der Waals surface area contributed by atoms with Crippen molar-refractivity contribution in [2.24, 2.45) is 10.9 Å². The topological polar surface area (TPSA) is 253 Å². The Balaban J connectivity index is 1.72. The number of amides is 1. The van der Waals surface area contributed by atoms with Gasteiger partial charge in [0.2, 0.25) is 5.82 Å². The van der Waals surface area contributed by atoms with Crippen LogP contribution in [0, 0.1) is 6.92 Å². The Labute approximate surface area is 199 Å². The third-order valence-electron chi connectivity index (χ3n) is 4.31. The van der Waals surface area contributed by atoms with Gasteiger partial charge in [-0.3, -0.25) is 9.35 Å². The Morgan fingerprint density at radius 2 is 1.77 bits per heavy atom.